The molecule has 2 saturated heterocycles. The van der Waals surface area contributed by atoms with E-state index in [4.69, 9.17) is 4.98 Å². The van der Waals surface area contributed by atoms with E-state index in [0.29, 0.717) is 0 Å². The van der Waals surface area contributed by atoms with E-state index in [1.807, 2.05) is 6.20 Å². The van der Waals surface area contributed by atoms with E-state index in [1.165, 1.54) is 23.2 Å². The first-order valence-electron chi connectivity index (χ1n) is 9.44. The number of anilines is 2. The van der Waals surface area contributed by atoms with Crippen LogP contribution in [0.5, 0.6) is 0 Å². The molecule has 3 aromatic rings. The fourth-order valence-electron chi connectivity index (χ4n) is 3.80. The molecule has 0 atom stereocenters. The molecule has 0 spiro atoms. The second kappa shape index (κ2) is 6.85. The van der Waals surface area contributed by atoms with Crippen molar-refractivity contribution in [2.24, 2.45) is 0 Å². The predicted octanol–water partition coefficient (Wildman–Crippen LogP) is 3.37. The average molecular weight is 366 g/mol. The maximum absolute atomic E-state index is 4.83. The van der Waals surface area contributed by atoms with E-state index < -0.39 is 0 Å². The molecule has 134 valence electrons. The van der Waals surface area contributed by atoms with Gasteiger partial charge in [0, 0.05) is 56.7 Å². The number of pyridine rings is 1. The summed E-state index contributed by atoms with van der Waals surface area (Å²) in [6, 6.07) is 10.9. The Labute approximate surface area is 157 Å². The second-order valence-electron chi connectivity index (χ2n) is 7.01. The van der Waals surface area contributed by atoms with Crippen molar-refractivity contribution < 1.29 is 0 Å². The van der Waals surface area contributed by atoms with Gasteiger partial charge >= 0.3 is 0 Å². The molecule has 0 bridgehead atoms. The zero-order chi connectivity index (χ0) is 17.3. The molecule has 0 amide bonds. The number of rotatable bonds is 3. The van der Waals surface area contributed by atoms with Gasteiger partial charge < -0.3 is 15.1 Å². The molecule has 2 fully saturated rings. The number of hydrogen-bond donors (Lipinski definition) is 1. The monoisotopic (exact) mass is 365 g/mol. The summed E-state index contributed by atoms with van der Waals surface area (Å²) in [7, 11) is 0. The number of nitrogens with zero attached hydrogens (tertiary/aromatic N) is 4. The van der Waals surface area contributed by atoms with Crippen LogP contribution in [0.2, 0.25) is 0 Å². The van der Waals surface area contributed by atoms with E-state index in [1.54, 1.807) is 11.3 Å². The summed E-state index contributed by atoms with van der Waals surface area (Å²) < 4.78 is 1.25. The Kier molecular flexibility index (Phi) is 4.22. The lowest BCUT2D eigenvalue weighted by Gasteiger charge is -2.29. The first kappa shape index (κ1) is 16.0. The van der Waals surface area contributed by atoms with Crippen molar-refractivity contribution >= 4 is 33.1 Å². The maximum Gasteiger partial charge on any atom is 0.128 e. The second-order valence-corrected chi connectivity index (χ2v) is 8.04. The minimum absolute atomic E-state index is 1.05. The van der Waals surface area contributed by atoms with Crippen LogP contribution in [0.15, 0.2) is 36.5 Å². The van der Waals surface area contributed by atoms with Crippen molar-refractivity contribution in [3.63, 3.8) is 0 Å². The molecule has 1 aromatic carbocycles. The minimum atomic E-state index is 1.05. The Balaban J connectivity index is 1.41. The van der Waals surface area contributed by atoms with Crippen molar-refractivity contribution in [3.8, 4) is 10.6 Å². The summed E-state index contributed by atoms with van der Waals surface area (Å²) >= 11 is 1.76. The fourth-order valence-corrected chi connectivity index (χ4v) is 4.79. The van der Waals surface area contributed by atoms with Gasteiger partial charge in [0.2, 0.25) is 0 Å². The van der Waals surface area contributed by atoms with Crippen molar-refractivity contribution in [1.82, 2.24) is 15.3 Å². The van der Waals surface area contributed by atoms with Gasteiger partial charge in [0.15, 0.2) is 0 Å². The highest BCUT2D eigenvalue weighted by Gasteiger charge is 2.15. The minimum Gasteiger partial charge on any atom is -0.369 e. The summed E-state index contributed by atoms with van der Waals surface area (Å²) in [5.41, 5.74) is 3.49. The van der Waals surface area contributed by atoms with Gasteiger partial charge in [0.05, 0.1) is 10.2 Å². The molecule has 1 N–H and O–H groups in total. The van der Waals surface area contributed by atoms with Crippen LogP contribution in [-0.4, -0.2) is 49.2 Å². The molecule has 2 aromatic heterocycles. The van der Waals surface area contributed by atoms with Crippen LogP contribution in [0.3, 0.4) is 0 Å². The van der Waals surface area contributed by atoms with Gasteiger partial charge in [0.25, 0.3) is 0 Å². The maximum atomic E-state index is 4.83. The molecule has 0 saturated carbocycles. The number of benzene rings is 1. The lowest BCUT2D eigenvalue weighted by Crippen LogP contribution is -2.43. The Bertz CT molecular complexity index is 892. The zero-order valence-corrected chi connectivity index (χ0v) is 15.6. The van der Waals surface area contributed by atoms with Gasteiger partial charge in [0.1, 0.15) is 10.8 Å². The summed E-state index contributed by atoms with van der Waals surface area (Å²) in [5, 5.41) is 4.46. The Morgan fingerprint density at radius 1 is 0.923 bits per heavy atom. The standard InChI is InChI=1S/C20H23N5S/c1-2-10-25(9-1)19-6-3-15(14-22-19)20-23-17-5-4-16(13-18(17)26-20)24-11-7-21-8-12-24/h3-6,13-14,21H,1-2,7-12H2. The lowest BCUT2D eigenvalue weighted by atomic mass is 10.2. The molecule has 5 nitrogen and oxygen atoms in total. The van der Waals surface area contributed by atoms with Crippen LogP contribution in [0.4, 0.5) is 11.5 Å². The SMILES string of the molecule is c1cc(N2CCCC2)ncc1-c1nc2ccc(N3CCNCC3)cc2s1. The summed E-state index contributed by atoms with van der Waals surface area (Å²) in [5.74, 6) is 1.09. The number of hydrogen-bond acceptors (Lipinski definition) is 6. The highest BCUT2D eigenvalue weighted by atomic mass is 32.1. The number of nitrogens with one attached hydrogen (secondary N) is 1. The van der Waals surface area contributed by atoms with Crippen LogP contribution in [0.25, 0.3) is 20.8 Å². The number of fused-ring (bicyclic) bond motifs is 1. The van der Waals surface area contributed by atoms with E-state index >= 15 is 0 Å². The molecule has 0 aliphatic carbocycles. The van der Waals surface area contributed by atoms with E-state index in [0.717, 1.165) is 61.2 Å². The predicted molar refractivity (Wildman–Crippen MR) is 109 cm³/mol. The van der Waals surface area contributed by atoms with Crippen molar-refractivity contribution in [3.05, 3.63) is 36.5 Å². The van der Waals surface area contributed by atoms with E-state index in [2.05, 4.69) is 50.4 Å². The third-order valence-corrected chi connectivity index (χ3v) is 6.35. The number of thiazole rings is 1. The molecule has 6 heteroatoms. The van der Waals surface area contributed by atoms with Gasteiger partial charge in [-0.3, -0.25) is 0 Å². The quantitative estimate of drug-likeness (QED) is 0.771. The van der Waals surface area contributed by atoms with E-state index in [-0.39, 0.29) is 0 Å². The lowest BCUT2D eigenvalue weighted by molar-refractivity contribution is 0.589. The molecule has 2 aliphatic rings. The van der Waals surface area contributed by atoms with Crippen molar-refractivity contribution in [2.75, 3.05) is 49.1 Å². The molecule has 0 unspecified atom stereocenters. The average Bonchev–Trinajstić information content (AvgIpc) is 3.38. The highest BCUT2D eigenvalue weighted by molar-refractivity contribution is 7.21. The van der Waals surface area contributed by atoms with E-state index in [9.17, 15) is 0 Å². The molecule has 5 rings (SSSR count). The van der Waals surface area contributed by atoms with Crippen LogP contribution in [0, 0.1) is 0 Å². The Hall–Kier alpha value is -2.18. The third kappa shape index (κ3) is 3.04. The molecule has 0 radical (unpaired) electrons. The summed E-state index contributed by atoms with van der Waals surface area (Å²) in [6.45, 7) is 6.50. The molecule has 2 aliphatic heterocycles. The number of aromatic nitrogens is 2. The van der Waals surface area contributed by atoms with Crippen LogP contribution in [-0.2, 0) is 0 Å². The highest BCUT2D eigenvalue weighted by Crippen LogP contribution is 2.33. The Morgan fingerprint density at radius 3 is 2.54 bits per heavy atom. The van der Waals surface area contributed by atoms with Gasteiger partial charge in [-0.2, -0.15) is 0 Å². The number of piperazine rings is 1. The summed E-state index contributed by atoms with van der Waals surface area (Å²) in [6.07, 6.45) is 4.52. The van der Waals surface area contributed by atoms with Crippen LogP contribution in [0.1, 0.15) is 12.8 Å². The van der Waals surface area contributed by atoms with Gasteiger partial charge in [-0.15, -0.1) is 11.3 Å². The molecule has 4 heterocycles. The van der Waals surface area contributed by atoms with Crippen LogP contribution < -0.4 is 15.1 Å². The zero-order valence-electron chi connectivity index (χ0n) is 14.8. The normalized spacial score (nSPS) is 18.0. The molecular weight excluding hydrogens is 342 g/mol. The van der Waals surface area contributed by atoms with Crippen LogP contribution >= 0.6 is 11.3 Å². The van der Waals surface area contributed by atoms with Crippen molar-refractivity contribution in [2.45, 2.75) is 12.8 Å². The van der Waals surface area contributed by atoms with Gasteiger partial charge in [-0.1, -0.05) is 0 Å². The first-order valence-corrected chi connectivity index (χ1v) is 10.3. The third-order valence-electron chi connectivity index (χ3n) is 5.28. The fraction of sp³-hybridized carbons (Fsp3) is 0.400. The Morgan fingerprint density at radius 2 is 1.77 bits per heavy atom. The largest absolute Gasteiger partial charge is 0.369 e. The summed E-state index contributed by atoms with van der Waals surface area (Å²) in [4.78, 5) is 14.3. The topological polar surface area (TPSA) is 44.3 Å². The molecule has 26 heavy (non-hydrogen) atoms. The smallest absolute Gasteiger partial charge is 0.128 e. The first-order chi connectivity index (χ1) is 12.9. The van der Waals surface area contributed by atoms with Gasteiger partial charge in [-0.25, -0.2) is 9.97 Å². The van der Waals surface area contributed by atoms with Crippen molar-refractivity contribution in [1.29, 1.82) is 0 Å². The van der Waals surface area contributed by atoms with Gasteiger partial charge in [-0.05, 0) is 43.2 Å². The molecular formula is C20H23N5S.